The number of aryl methyl sites for hydroxylation is 1. The van der Waals surface area contributed by atoms with Crippen LogP contribution in [0.1, 0.15) is 58.3 Å². The summed E-state index contributed by atoms with van der Waals surface area (Å²) in [5.41, 5.74) is 3.23. The lowest BCUT2D eigenvalue weighted by atomic mass is 10.2. The molecule has 2 heterocycles. The Labute approximate surface area is 208 Å². The minimum atomic E-state index is 0. The number of para-hydroxylation sites is 4. The molecule has 0 fully saturated rings. The van der Waals surface area contributed by atoms with Crippen LogP contribution in [0.5, 0.6) is 5.75 Å². The number of fused-ring (bicyclic) bond motifs is 2. The van der Waals surface area contributed by atoms with Crippen molar-refractivity contribution in [1.29, 1.82) is 0 Å². The van der Waals surface area contributed by atoms with Gasteiger partial charge in [0, 0.05) is 19.0 Å². The normalized spacial score (nSPS) is 14.2. The predicted molar refractivity (Wildman–Crippen MR) is 127 cm³/mol. The zero-order chi connectivity index (χ0) is 21.5. The van der Waals surface area contributed by atoms with Crippen LogP contribution in [-0.4, -0.2) is 6.54 Å². The van der Waals surface area contributed by atoms with Gasteiger partial charge in [0.25, 0.3) is 5.52 Å². The molecule has 0 amide bonds. The highest BCUT2D eigenvalue weighted by atomic mass is 127. The number of oxazole rings is 1. The summed E-state index contributed by atoms with van der Waals surface area (Å²) in [5, 5.41) is 0. The van der Waals surface area contributed by atoms with Gasteiger partial charge in [-0.05, 0) is 43.2 Å². The second-order valence-corrected chi connectivity index (χ2v) is 8.06. The van der Waals surface area contributed by atoms with Crippen LogP contribution in [0.2, 0.25) is 0 Å². The number of halogens is 1. The molecule has 1 aliphatic rings. The smallest absolute Gasteiger partial charge is 0.374 e. The third kappa shape index (κ3) is 5.55. The molecule has 0 unspecified atom stereocenters. The van der Waals surface area contributed by atoms with E-state index in [4.69, 9.17) is 9.15 Å². The first-order chi connectivity index (χ1) is 15.3. The van der Waals surface area contributed by atoms with Crippen LogP contribution < -0.4 is 38.2 Å². The van der Waals surface area contributed by atoms with Crippen LogP contribution in [-0.2, 0) is 6.54 Å². The highest BCUT2D eigenvalue weighted by Crippen LogP contribution is 2.38. The van der Waals surface area contributed by atoms with E-state index in [-0.39, 0.29) is 24.0 Å². The number of nitrogens with zero attached hydrogens (tertiary/aromatic N) is 2. The number of hydrogen-bond acceptors (Lipinski definition) is 3. The minimum Gasteiger partial charge on any atom is -1.00 e. The van der Waals surface area contributed by atoms with Gasteiger partial charge >= 0.3 is 5.89 Å². The van der Waals surface area contributed by atoms with Crippen molar-refractivity contribution in [1.82, 2.24) is 0 Å². The van der Waals surface area contributed by atoms with Crippen LogP contribution in [0.25, 0.3) is 17.2 Å². The van der Waals surface area contributed by atoms with E-state index in [0.717, 1.165) is 60.2 Å². The Bertz CT molecular complexity index is 1070. The van der Waals surface area contributed by atoms with E-state index < -0.39 is 0 Å². The summed E-state index contributed by atoms with van der Waals surface area (Å²) >= 11 is 0. The van der Waals surface area contributed by atoms with E-state index >= 15 is 0 Å². The Kier molecular flexibility index (Phi) is 9.21. The topological polar surface area (TPSA) is 29.5 Å². The van der Waals surface area contributed by atoms with Crippen LogP contribution >= 0.6 is 0 Å². The molecule has 0 N–H and O–H groups in total. The van der Waals surface area contributed by atoms with Crippen molar-refractivity contribution in [2.45, 2.75) is 58.9 Å². The molecule has 32 heavy (non-hydrogen) atoms. The van der Waals surface area contributed by atoms with Crippen molar-refractivity contribution >= 4 is 22.9 Å². The highest BCUT2D eigenvalue weighted by molar-refractivity contribution is 5.70. The standard InChI is InChI=1S/C27H33N2O2.HI/c1-3-5-11-20-28-22-14-7-9-16-24(22)30-26(28)18-13-19-27-29(21-12-6-4-2)23-15-8-10-17-25(23)31-27;/h7-10,13-19H,3-6,11-12,20-21H2,1-2H3;1H/q+1;/p-1. The molecule has 170 valence electrons. The molecule has 0 saturated carbocycles. The fourth-order valence-electron chi connectivity index (χ4n) is 4.07. The first-order valence-electron chi connectivity index (χ1n) is 11.7. The van der Waals surface area contributed by atoms with E-state index in [9.17, 15) is 0 Å². The van der Waals surface area contributed by atoms with Gasteiger partial charge in [-0.3, -0.25) is 0 Å². The number of anilines is 1. The lowest BCUT2D eigenvalue weighted by Crippen LogP contribution is -3.00. The molecule has 0 radical (unpaired) electrons. The number of hydrogen-bond donors (Lipinski definition) is 0. The maximum absolute atomic E-state index is 6.16. The van der Waals surface area contributed by atoms with Gasteiger partial charge in [-0.1, -0.05) is 57.4 Å². The van der Waals surface area contributed by atoms with E-state index in [0.29, 0.717) is 0 Å². The molecule has 0 bridgehead atoms. The molecule has 0 spiro atoms. The van der Waals surface area contributed by atoms with Gasteiger partial charge in [0.05, 0.1) is 11.8 Å². The van der Waals surface area contributed by atoms with Crippen LogP contribution in [0.3, 0.4) is 0 Å². The number of rotatable bonds is 10. The van der Waals surface area contributed by atoms with Crippen LogP contribution in [0, 0.1) is 0 Å². The van der Waals surface area contributed by atoms with Crippen molar-refractivity contribution < 1.29 is 37.7 Å². The van der Waals surface area contributed by atoms with Gasteiger partial charge < -0.3 is 38.0 Å². The summed E-state index contributed by atoms with van der Waals surface area (Å²) < 4.78 is 14.6. The molecule has 1 aromatic heterocycles. The number of ether oxygens (including phenoxy) is 1. The lowest BCUT2D eigenvalue weighted by molar-refractivity contribution is -0.678. The molecule has 2 aromatic carbocycles. The fraction of sp³-hybridized carbons (Fsp3) is 0.370. The molecule has 5 heteroatoms. The van der Waals surface area contributed by atoms with Gasteiger partial charge in [0.15, 0.2) is 12.3 Å². The first kappa shape index (κ1) is 24.4. The van der Waals surface area contributed by atoms with Crippen LogP contribution in [0.15, 0.2) is 71.0 Å². The minimum absolute atomic E-state index is 0. The monoisotopic (exact) mass is 544 g/mol. The second-order valence-electron chi connectivity index (χ2n) is 8.06. The third-order valence-corrected chi connectivity index (χ3v) is 5.72. The Morgan fingerprint density at radius 1 is 0.906 bits per heavy atom. The molecule has 1 aliphatic heterocycles. The van der Waals surface area contributed by atoms with Crippen molar-refractivity contribution in [3.63, 3.8) is 0 Å². The van der Waals surface area contributed by atoms with Gasteiger partial charge in [-0.25, -0.2) is 0 Å². The molecule has 0 aliphatic carbocycles. The largest absolute Gasteiger partial charge is 1.00 e. The number of allylic oxidation sites excluding steroid dienone is 2. The molecular weight excluding hydrogens is 511 g/mol. The molecular formula is C27H33IN2O2. The maximum atomic E-state index is 6.16. The Morgan fingerprint density at radius 3 is 2.50 bits per heavy atom. The summed E-state index contributed by atoms with van der Waals surface area (Å²) in [6, 6.07) is 16.5. The van der Waals surface area contributed by atoms with E-state index in [1.165, 1.54) is 25.7 Å². The number of unbranched alkanes of at least 4 members (excludes halogenated alkanes) is 4. The molecule has 0 saturated heterocycles. The average molecular weight is 544 g/mol. The van der Waals surface area contributed by atoms with Crippen molar-refractivity contribution in [3.05, 3.63) is 72.5 Å². The molecule has 4 nitrogen and oxygen atoms in total. The SMILES string of the molecule is CCCCCN1C(=CC=Cc2oc3ccccc3[n+]2CCCCC)Oc2ccccc21.[I-]. The predicted octanol–water partition coefficient (Wildman–Crippen LogP) is 3.86. The Balaban J connectivity index is 0.00000289. The Hall–Kier alpha value is -2.28. The summed E-state index contributed by atoms with van der Waals surface area (Å²) in [5.74, 6) is 2.68. The van der Waals surface area contributed by atoms with Crippen molar-refractivity contribution in [3.8, 4) is 5.75 Å². The quantitative estimate of drug-likeness (QED) is 0.221. The maximum Gasteiger partial charge on any atom is 0.374 e. The zero-order valence-corrected chi connectivity index (χ0v) is 21.3. The van der Waals surface area contributed by atoms with Gasteiger partial charge in [0.1, 0.15) is 0 Å². The number of benzene rings is 2. The van der Waals surface area contributed by atoms with Gasteiger partial charge in [0.2, 0.25) is 11.5 Å². The molecule has 4 rings (SSSR count). The summed E-state index contributed by atoms with van der Waals surface area (Å²) in [7, 11) is 0. The number of aromatic nitrogens is 1. The second kappa shape index (κ2) is 12.1. The zero-order valence-electron chi connectivity index (χ0n) is 19.1. The third-order valence-electron chi connectivity index (χ3n) is 5.72. The average Bonchev–Trinajstić information content (AvgIpc) is 3.32. The summed E-state index contributed by atoms with van der Waals surface area (Å²) in [4.78, 5) is 2.28. The highest BCUT2D eigenvalue weighted by Gasteiger charge is 2.25. The van der Waals surface area contributed by atoms with Crippen molar-refractivity contribution in [2.24, 2.45) is 0 Å². The van der Waals surface area contributed by atoms with E-state index in [1.807, 2.05) is 30.3 Å². The van der Waals surface area contributed by atoms with Crippen LogP contribution in [0.4, 0.5) is 5.69 Å². The van der Waals surface area contributed by atoms with Gasteiger partial charge in [-0.2, -0.15) is 4.57 Å². The fourth-order valence-corrected chi connectivity index (χ4v) is 4.07. The summed E-state index contributed by atoms with van der Waals surface area (Å²) in [6.45, 7) is 6.40. The van der Waals surface area contributed by atoms with Crippen molar-refractivity contribution in [2.75, 3.05) is 11.4 Å². The molecule has 0 atom stereocenters. The van der Waals surface area contributed by atoms with E-state index in [1.54, 1.807) is 0 Å². The van der Waals surface area contributed by atoms with Gasteiger partial charge in [-0.15, -0.1) is 0 Å². The molecule has 3 aromatic rings. The first-order valence-corrected chi connectivity index (χ1v) is 11.7. The van der Waals surface area contributed by atoms with E-state index in [2.05, 4.69) is 59.7 Å². The Morgan fingerprint density at radius 2 is 1.66 bits per heavy atom. The summed E-state index contributed by atoms with van der Waals surface area (Å²) in [6.07, 6.45) is 13.3. The lowest BCUT2D eigenvalue weighted by Gasteiger charge is -2.17.